The van der Waals surface area contributed by atoms with Crippen molar-refractivity contribution < 1.29 is 9.53 Å². The first-order valence-corrected chi connectivity index (χ1v) is 7.14. The number of carbonyl (C=O) groups is 1. The van der Waals surface area contributed by atoms with Gasteiger partial charge in [-0.05, 0) is 37.1 Å². The first kappa shape index (κ1) is 15.9. The van der Waals surface area contributed by atoms with Gasteiger partial charge >= 0.3 is 0 Å². The zero-order valence-corrected chi connectivity index (χ0v) is 12.8. The van der Waals surface area contributed by atoms with Crippen LogP contribution in [-0.2, 0) is 4.74 Å². The van der Waals surface area contributed by atoms with Crippen LogP contribution in [0.2, 0.25) is 0 Å². The molecular formula is C16H20N4O2. The van der Waals surface area contributed by atoms with Crippen molar-refractivity contribution in [3.63, 3.8) is 0 Å². The molecule has 22 heavy (non-hydrogen) atoms. The molecule has 2 aromatic rings. The molecule has 6 heteroatoms. The Bertz CT molecular complexity index is 614. The average molecular weight is 300 g/mol. The van der Waals surface area contributed by atoms with Gasteiger partial charge in [0.1, 0.15) is 5.82 Å². The Morgan fingerprint density at radius 3 is 2.68 bits per heavy atom. The van der Waals surface area contributed by atoms with Gasteiger partial charge in [0.05, 0.1) is 0 Å². The van der Waals surface area contributed by atoms with E-state index in [1.54, 1.807) is 19.2 Å². The smallest absolute Gasteiger partial charge is 0.276 e. The molecule has 1 aromatic carbocycles. The molecule has 0 bridgehead atoms. The molecule has 0 fully saturated rings. The third kappa shape index (κ3) is 4.53. The number of hydrogen-bond acceptors (Lipinski definition) is 5. The first-order chi connectivity index (χ1) is 10.7. The zero-order chi connectivity index (χ0) is 15.8. The summed E-state index contributed by atoms with van der Waals surface area (Å²) in [6, 6.07) is 11.0. The minimum Gasteiger partial charge on any atom is -0.385 e. The van der Waals surface area contributed by atoms with Gasteiger partial charge in [-0.25, -0.2) is 0 Å². The van der Waals surface area contributed by atoms with E-state index in [9.17, 15) is 4.79 Å². The van der Waals surface area contributed by atoms with Crippen LogP contribution in [0.1, 0.15) is 22.5 Å². The Hall–Kier alpha value is -2.47. The Morgan fingerprint density at radius 1 is 1.18 bits per heavy atom. The number of benzene rings is 1. The molecule has 1 amide bonds. The third-order valence-electron chi connectivity index (χ3n) is 3.12. The number of aryl methyl sites for hydroxylation is 1. The molecule has 2 N–H and O–H groups in total. The lowest BCUT2D eigenvalue weighted by atomic mass is 10.2. The zero-order valence-electron chi connectivity index (χ0n) is 12.8. The number of nitrogens with zero attached hydrogens (tertiary/aromatic N) is 2. The monoisotopic (exact) mass is 300 g/mol. The number of methoxy groups -OCH3 is 1. The van der Waals surface area contributed by atoms with Crippen LogP contribution < -0.4 is 10.6 Å². The van der Waals surface area contributed by atoms with E-state index in [4.69, 9.17) is 4.74 Å². The van der Waals surface area contributed by atoms with E-state index in [-0.39, 0.29) is 11.6 Å². The summed E-state index contributed by atoms with van der Waals surface area (Å²) in [6.45, 7) is 3.38. The molecule has 0 saturated heterocycles. The van der Waals surface area contributed by atoms with Crippen LogP contribution in [0, 0.1) is 6.92 Å². The molecule has 0 spiro atoms. The van der Waals surface area contributed by atoms with Crippen LogP contribution in [0.5, 0.6) is 0 Å². The molecule has 2 rings (SSSR count). The maximum atomic E-state index is 12.1. The van der Waals surface area contributed by atoms with Gasteiger partial charge in [0.15, 0.2) is 5.69 Å². The average Bonchev–Trinajstić information content (AvgIpc) is 2.54. The van der Waals surface area contributed by atoms with Crippen LogP contribution in [0.25, 0.3) is 0 Å². The van der Waals surface area contributed by atoms with Gasteiger partial charge < -0.3 is 15.4 Å². The van der Waals surface area contributed by atoms with E-state index >= 15 is 0 Å². The van der Waals surface area contributed by atoms with E-state index in [2.05, 4.69) is 20.8 Å². The van der Waals surface area contributed by atoms with E-state index in [0.717, 1.165) is 24.2 Å². The van der Waals surface area contributed by atoms with Crippen LogP contribution >= 0.6 is 0 Å². The molecule has 1 aromatic heterocycles. The second-order valence-corrected chi connectivity index (χ2v) is 4.85. The maximum Gasteiger partial charge on any atom is 0.276 e. The number of nitrogens with one attached hydrogen (secondary N) is 2. The molecule has 0 radical (unpaired) electrons. The lowest BCUT2D eigenvalue weighted by Crippen LogP contribution is -2.15. The molecule has 0 aliphatic heterocycles. The maximum absolute atomic E-state index is 12.1. The fourth-order valence-electron chi connectivity index (χ4n) is 1.88. The van der Waals surface area contributed by atoms with E-state index < -0.39 is 0 Å². The van der Waals surface area contributed by atoms with Crippen LogP contribution in [0.15, 0.2) is 36.4 Å². The molecule has 116 valence electrons. The summed E-state index contributed by atoms with van der Waals surface area (Å²) in [6.07, 6.45) is 0.883. The number of rotatable bonds is 7. The summed E-state index contributed by atoms with van der Waals surface area (Å²) in [5.41, 5.74) is 2.06. The molecule has 0 aliphatic carbocycles. The predicted molar refractivity (Wildman–Crippen MR) is 86.1 cm³/mol. The van der Waals surface area contributed by atoms with Crippen molar-refractivity contribution >= 4 is 17.4 Å². The van der Waals surface area contributed by atoms with Gasteiger partial charge in [-0.2, -0.15) is 0 Å². The molecular weight excluding hydrogens is 280 g/mol. The molecule has 6 nitrogen and oxygen atoms in total. The fraction of sp³-hybridized carbons (Fsp3) is 0.312. The van der Waals surface area contributed by atoms with Crippen molar-refractivity contribution in [1.82, 2.24) is 10.2 Å². The topological polar surface area (TPSA) is 76.1 Å². The normalized spacial score (nSPS) is 10.3. The van der Waals surface area contributed by atoms with Crippen molar-refractivity contribution in [2.24, 2.45) is 0 Å². The second kappa shape index (κ2) is 8.09. The number of para-hydroxylation sites is 1. The largest absolute Gasteiger partial charge is 0.385 e. The van der Waals surface area contributed by atoms with Crippen molar-refractivity contribution in [2.75, 3.05) is 30.9 Å². The molecule has 0 saturated carbocycles. The Morgan fingerprint density at radius 2 is 2.00 bits per heavy atom. The summed E-state index contributed by atoms with van der Waals surface area (Å²) in [5, 5.41) is 13.9. The quantitative estimate of drug-likeness (QED) is 0.768. The second-order valence-electron chi connectivity index (χ2n) is 4.85. The number of hydrogen-bond donors (Lipinski definition) is 2. The standard InChI is InChI=1S/C16H20N4O2/c1-12-6-3-4-7-13(12)18-16(21)14-8-9-15(20-19-14)17-10-5-11-22-2/h3-4,6-9H,5,10-11H2,1-2H3,(H,17,20)(H,18,21). The Kier molecular flexibility index (Phi) is 5.85. The number of ether oxygens (including phenoxy) is 1. The highest BCUT2D eigenvalue weighted by atomic mass is 16.5. The SMILES string of the molecule is COCCCNc1ccc(C(=O)Nc2ccccc2C)nn1. The van der Waals surface area contributed by atoms with Gasteiger partial charge in [-0.15, -0.1) is 10.2 Å². The van der Waals surface area contributed by atoms with Crippen LogP contribution in [-0.4, -0.2) is 36.4 Å². The van der Waals surface area contributed by atoms with Crippen LogP contribution in [0.3, 0.4) is 0 Å². The van der Waals surface area contributed by atoms with E-state index in [1.165, 1.54) is 0 Å². The number of amides is 1. The summed E-state index contributed by atoms with van der Waals surface area (Å²) in [5.74, 6) is 0.372. The highest BCUT2D eigenvalue weighted by Gasteiger charge is 2.09. The van der Waals surface area contributed by atoms with E-state index in [1.807, 2.05) is 31.2 Å². The first-order valence-electron chi connectivity index (χ1n) is 7.14. The predicted octanol–water partition coefficient (Wildman–Crippen LogP) is 2.49. The lowest BCUT2D eigenvalue weighted by Gasteiger charge is -2.08. The fourth-order valence-corrected chi connectivity index (χ4v) is 1.88. The minimum atomic E-state index is -0.271. The van der Waals surface area contributed by atoms with Crippen molar-refractivity contribution in [1.29, 1.82) is 0 Å². The minimum absolute atomic E-state index is 0.271. The summed E-state index contributed by atoms with van der Waals surface area (Å²) in [7, 11) is 1.67. The van der Waals surface area contributed by atoms with Crippen molar-refractivity contribution in [3.8, 4) is 0 Å². The van der Waals surface area contributed by atoms with Gasteiger partial charge in [-0.1, -0.05) is 18.2 Å². The highest BCUT2D eigenvalue weighted by Crippen LogP contribution is 2.14. The number of anilines is 2. The lowest BCUT2D eigenvalue weighted by molar-refractivity contribution is 0.102. The molecule has 0 atom stereocenters. The number of aromatic nitrogens is 2. The molecule has 0 aliphatic rings. The third-order valence-corrected chi connectivity index (χ3v) is 3.12. The number of carbonyl (C=O) groups excluding carboxylic acids is 1. The molecule has 1 heterocycles. The van der Waals surface area contributed by atoms with Gasteiger partial charge in [0, 0.05) is 25.9 Å². The summed E-state index contributed by atoms with van der Waals surface area (Å²) in [4.78, 5) is 12.1. The van der Waals surface area contributed by atoms with Gasteiger partial charge in [-0.3, -0.25) is 4.79 Å². The summed E-state index contributed by atoms with van der Waals surface area (Å²) < 4.78 is 4.97. The highest BCUT2D eigenvalue weighted by molar-refractivity contribution is 6.03. The van der Waals surface area contributed by atoms with Crippen molar-refractivity contribution in [3.05, 3.63) is 47.7 Å². The summed E-state index contributed by atoms with van der Waals surface area (Å²) >= 11 is 0. The van der Waals surface area contributed by atoms with E-state index in [0.29, 0.717) is 12.4 Å². The van der Waals surface area contributed by atoms with Gasteiger partial charge in [0.2, 0.25) is 0 Å². The molecule has 0 unspecified atom stereocenters. The Balaban J connectivity index is 1.92. The van der Waals surface area contributed by atoms with Crippen molar-refractivity contribution in [2.45, 2.75) is 13.3 Å². The Labute approximate surface area is 129 Å². The van der Waals surface area contributed by atoms with Gasteiger partial charge in [0.25, 0.3) is 5.91 Å². The van der Waals surface area contributed by atoms with Crippen LogP contribution in [0.4, 0.5) is 11.5 Å².